The quantitative estimate of drug-likeness (QED) is 0.665. The molecule has 0 aliphatic carbocycles. The lowest BCUT2D eigenvalue weighted by molar-refractivity contribution is -0.139. The third kappa shape index (κ3) is 4.22. The number of urea groups is 1. The van der Waals surface area contributed by atoms with Gasteiger partial charge in [0.2, 0.25) is 0 Å². The predicted octanol–water partition coefficient (Wildman–Crippen LogP) is 0.716. The van der Waals surface area contributed by atoms with Crippen molar-refractivity contribution >= 4 is 12.0 Å². The minimum Gasteiger partial charge on any atom is -0.480 e. The van der Waals surface area contributed by atoms with E-state index in [1.54, 1.807) is 6.92 Å². The molecular weight excluding hydrogens is 224 g/mol. The first-order valence-electron chi connectivity index (χ1n) is 5.96. The molecule has 0 saturated carbocycles. The SMILES string of the molecule is CC[C@H](NC(=O)NC(C)C1CCCO1)C(=O)O. The number of nitrogens with one attached hydrogen (secondary N) is 2. The first kappa shape index (κ1) is 13.8. The Hall–Kier alpha value is -1.30. The standard InChI is InChI=1S/C11H20N2O4/c1-3-8(10(14)15)13-11(16)12-7(2)9-5-4-6-17-9/h7-9H,3-6H2,1-2H3,(H,14,15)(H2,12,13,16)/t7?,8-,9?/m0/s1. The third-order valence-corrected chi connectivity index (χ3v) is 2.89. The average molecular weight is 244 g/mol. The van der Waals surface area contributed by atoms with Gasteiger partial charge in [-0.15, -0.1) is 0 Å². The van der Waals surface area contributed by atoms with Gasteiger partial charge in [-0.05, 0) is 26.2 Å². The molecule has 2 amide bonds. The molecule has 17 heavy (non-hydrogen) atoms. The highest BCUT2D eigenvalue weighted by Gasteiger charge is 2.25. The van der Waals surface area contributed by atoms with E-state index in [2.05, 4.69) is 10.6 Å². The van der Waals surface area contributed by atoms with Crippen LogP contribution in [0.4, 0.5) is 4.79 Å². The Labute approximate surface area is 101 Å². The van der Waals surface area contributed by atoms with E-state index in [-0.39, 0.29) is 12.1 Å². The molecule has 2 unspecified atom stereocenters. The molecule has 1 fully saturated rings. The van der Waals surface area contributed by atoms with Crippen LogP contribution in [-0.2, 0) is 9.53 Å². The van der Waals surface area contributed by atoms with Gasteiger partial charge < -0.3 is 20.5 Å². The molecule has 6 nitrogen and oxygen atoms in total. The van der Waals surface area contributed by atoms with Crippen LogP contribution in [0.15, 0.2) is 0 Å². The van der Waals surface area contributed by atoms with Gasteiger partial charge in [0.25, 0.3) is 0 Å². The summed E-state index contributed by atoms with van der Waals surface area (Å²) in [6.45, 7) is 4.30. The average Bonchev–Trinajstić information content (AvgIpc) is 2.78. The van der Waals surface area contributed by atoms with Crippen LogP contribution in [0.1, 0.15) is 33.1 Å². The lowest BCUT2D eigenvalue weighted by Gasteiger charge is -2.21. The highest BCUT2D eigenvalue weighted by atomic mass is 16.5. The second-order valence-corrected chi connectivity index (χ2v) is 4.26. The number of carboxylic acid groups (broad SMARTS) is 1. The molecule has 98 valence electrons. The fourth-order valence-electron chi connectivity index (χ4n) is 1.83. The summed E-state index contributed by atoms with van der Waals surface area (Å²) < 4.78 is 5.44. The van der Waals surface area contributed by atoms with E-state index in [0.29, 0.717) is 6.42 Å². The number of hydrogen-bond acceptors (Lipinski definition) is 3. The van der Waals surface area contributed by atoms with Crippen molar-refractivity contribution < 1.29 is 19.4 Å². The Morgan fingerprint density at radius 1 is 1.47 bits per heavy atom. The molecule has 0 aromatic carbocycles. The maximum atomic E-state index is 11.5. The van der Waals surface area contributed by atoms with Gasteiger partial charge in [-0.25, -0.2) is 9.59 Å². The van der Waals surface area contributed by atoms with Crippen molar-refractivity contribution in [2.45, 2.75) is 51.3 Å². The van der Waals surface area contributed by atoms with E-state index in [9.17, 15) is 9.59 Å². The fraction of sp³-hybridized carbons (Fsp3) is 0.818. The molecule has 1 saturated heterocycles. The van der Waals surface area contributed by atoms with Gasteiger partial charge >= 0.3 is 12.0 Å². The van der Waals surface area contributed by atoms with Gasteiger partial charge in [-0.3, -0.25) is 0 Å². The number of rotatable bonds is 5. The van der Waals surface area contributed by atoms with E-state index in [0.717, 1.165) is 19.4 Å². The van der Waals surface area contributed by atoms with Gasteiger partial charge in [0.15, 0.2) is 0 Å². The molecule has 3 N–H and O–H groups in total. The second-order valence-electron chi connectivity index (χ2n) is 4.26. The topological polar surface area (TPSA) is 87.7 Å². The molecule has 1 aliphatic heterocycles. The number of carbonyl (C=O) groups is 2. The summed E-state index contributed by atoms with van der Waals surface area (Å²) >= 11 is 0. The zero-order chi connectivity index (χ0) is 12.8. The van der Waals surface area contributed by atoms with E-state index in [1.807, 2.05) is 6.92 Å². The Bertz CT molecular complexity index is 277. The Morgan fingerprint density at radius 3 is 2.65 bits per heavy atom. The number of hydrogen-bond donors (Lipinski definition) is 3. The summed E-state index contributed by atoms with van der Waals surface area (Å²) in [5.41, 5.74) is 0. The Morgan fingerprint density at radius 2 is 2.18 bits per heavy atom. The zero-order valence-corrected chi connectivity index (χ0v) is 10.2. The summed E-state index contributed by atoms with van der Waals surface area (Å²) in [4.78, 5) is 22.3. The van der Waals surface area contributed by atoms with Crippen LogP contribution in [0.3, 0.4) is 0 Å². The molecular formula is C11H20N2O4. The first-order chi connectivity index (χ1) is 8.04. The smallest absolute Gasteiger partial charge is 0.326 e. The largest absolute Gasteiger partial charge is 0.480 e. The van der Waals surface area contributed by atoms with Gasteiger partial charge in [-0.1, -0.05) is 6.92 Å². The van der Waals surface area contributed by atoms with E-state index < -0.39 is 18.0 Å². The lowest BCUT2D eigenvalue weighted by Crippen LogP contribution is -2.50. The maximum Gasteiger partial charge on any atom is 0.326 e. The molecule has 0 radical (unpaired) electrons. The molecule has 1 heterocycles. The molecule has 6 heteroatoms. The van der Waals surface area contributed by atoms with Crippen LogP contribution >= 0.6 is 0 Å². The Balaban J connectivity index is 2.35. The summed E-state index contributed by atoms with van der Waals surface area (Å²) in [6, 6.07) is -1.40. The van der Waals surface area contributed by atoms with Crippen LogP contribution in [0.5, 0.6) is 0 Å². The third-order valence-electron chi connectivity index (χ3n) is 2.89. The van der Waals surface area contributed by atoms with Crippen molar-refractivity contribution in [2.24, 2.45) is 0 Å². The number of carboxylic acids is 1. The zero-order valence-electron chi connectivity index (χ0n) is 10.2. The fourth-order valence-corrected chi connectivity index (χ4v) is 1.83. The molecule has 0 aromatic rings. The normalized spacial score (nSPS) is 22.8. The number of ether oxygens (including phenoxy) is 1. The highest BCUT2D eigenvalue weighted by molar-refractivity contribution is 5.82. The van der Waals surface area contributed by atoms with Crippen LogP contribution in [0.25, 0.3) is 0 Å². The Kier molecular flexibility index (Phi) is 5.21. The molecule has 1 aliphatic rings. The minimum absolute atomic E-state index is 0.0330. The van der Waals surface area contributed by atoms with Crippen molar-refractivity contribution in [3.05, 3.63) is 0 Å². The predicted molar refractivity (Wildman–Crippen MR) is 61.8 cm³/mol. The summed E-state index contributed by atoms with van der Waals surface area (Å²) in [5, 5.41) is 13.9. The van der Waals surface area contributed by atoms with Crippen molar-refractivity contribution in [3.8, 4) is 0 Å². The van der Waals surface area contributed by atoms with Crippen LogP contribution < -0.4 is 10.6 Å². The van der Waals surface area contributed by atoms with Crippen molar-refractivity contribution in [1.29, 1.82) is 0 Å². The minimum atomic E-state index is -1.02. The second kappa shape index (κ2) is 6.44. The van der Waals surface area contributed by atoms with Crippen molar-refractivity contribution in [2.75, 3.05) is 6.61 Å². The molecule has 3 atom stereocenters. The van der Waals surface area contributed by atoms with E-state index >= 15 is 0 Å². The van der Waals surface area contributed by atoms with Crippen molar-refractivity contribution in [3.63, 3.8) is 0 Å². The number of amides is 2. The molecule has 0 spiro atoms. The number of carbonyl (C=O) groups excluding carboxylic acids is 1. The van der Waals surface area contributed by atoms with Gasteiger partial charge in [0.1, 0.15) is 6.04 Å². The van der Waals surface area contributed by atoms with Crippen LogP contribution in [-0.4, -0.2) is 41.9 Å². The van der Waals surface area contributed by atoms with Crippen LogP contribution in [0.2, 0.25) is 0 Å². The summed E-state index contributed by atoms with van der Waals surface area (Å²) in [7, 11) is 0. The van der Waals surface area contributed by atoms with E-state index in [4.69, 9.17) is 9.84 Å². The van der Waals surface area contributed by atoms with Gasteiger partial charge in [0.05, 0.1) is 12.1 Å². The van der Waals surface area contributed by atoms with Gasteiger partial charge in [0, 0.05) is 6.61 Å². The summed E-state index contributed by atoms with van der Waals surface area (Å²) in [5.74, 6) is -1.02. The number of aliphatic carboxylic acids is 1. The highest BCUT2D eigenvalue weighted by Crippen LogP contribution is 2.15. The molecule has 0 aromatic heterocycles. The monoisotopic (exact) mass is 244 g/mol. The first-order valence-corrected chi connectivity index (χ1v) is 5.96. The maximum absolute atomic E-state index is 11.5. The van der Waals surface area contributed by atoms with Crippen molar-refractivity contribution in [1.82, 2.24) is 10.6 Å². The van der Waals surface area contributed by atoms with E-state index in [1.165, 1.54) is 0 Å². The lowest BCUT2D eigenvalue weighted by atomic mass is 10.1. The molecule has 1 rings (SSSR count). The van der Waals surface area contributed by atoms with Gasteiger partial charge in [-0.2, -0.15) is 0 Å². The van der Waals surface area contributed by atoms with Crippen LogP contribution in [0, 0.1) is 0 Å². The molecule has 0 bridgehead atoms. The summed E-state index contributed by atoms with van der Waals surface area (Å²) in [6.07, 6.45) is 2.32.